The molecule has 0 aliphatic carbocycles. The molecule has 0 saturated carbocycles. The van der Waals surface area contributed by atoms with Crippen LogP contribution in [0, 0.1) is 0 Å². The minimum absolute atomic E-state index is 0.520. The molecule has 5 nitrogen and oxygen atoms in total. The third kappa shape index (κ3) is 6.64. The Morgan fingerprint density at radius 3 is 1.28 bits per heavy atom. The maximum atomic E-state index is 10.9. The van der Waals surface area contributed by atoms with Gasteiger partial charge in [-0.25, -0.2) is 0 Å². The molecule has 13 aromatic rings. The highest BCUT2D eigenvalue weighted by atomic mass is 28.3. The second-order valence-electron chi connectivity index (χ2n) is 14.3. The summed E-state index contributed by atoms with van der Waals surface area (Å²) in [6.45, 7) is 0. The van der Waals surface area contributed by atoms with Crippen molar-refractivity contribution in [1.82, 2.24) is 24.1 Å². The highest BCUT2D eigenvalue weighted by molar-refractivity contribution is 7.20. The standard InChI is InChI=1S/C63H43N5Si/c1-5-22-44(23-6-1)46-26-19-32-50(42-46)69(48-28-9-3-10-29-48,49-30-11-4-12-31-49)51-33-20-27-47(43-51)61-64-62(67-57-39-16-13-34-53(57)54-35-14-17-40-58(54)67)66-63(65-61)68-59-41-18-15-36-55(59)56-38-21-37-52(60(56)68)45-24-7-2-8-25-45/h1-43H/i1D,2D,3D,4D,5D,6D,7D,8D,9D,10D,11D,12D,13D,14D,15D,16D,17D,18D,19D,20D,21D,22D,23D,24D,25D,26D,27D,28D,29D,30D,31D,32D,33D,34D,35D,36D,37D,38D,39D,40D,41D,42D,43D. The lowest BCUT2D eigenvalue weighted by molar-refractivity contribution is 0.893. The fraction of sp³-hybridized carbons (Fsp3) is 0. The van der Waals surface area contributed by atoms with Crippen molar-refractivity contribution in [3.05, 3.63) is 260 Å². The Kier molecular flexibility index (Phi) is 3.83. The minimum Gasteiger partial charge on any atom is -0.278 e. The van der Waals surface area contributed by atoms with Crippen molar-refractivity contribution in [3.63, 3.8) is 0 Å². The predicted molar refractivity (Wildman–Crippen MR) is 288 cm³/mol. The molecule has 0 unspecified atom stereocenters. The van der Waals surface area contributed by atoms with Gasteiger partial charge in [0, 0.05) is 32.7 Å². The van der Waals surface area contributed by atoms with E-state index in [1.807, 2.05) is 0 Å². The quantitative estimate of drug-likeness (QED) is 0.107. The van der Waals surface area contributed by atoms with E-state index < -0.39 is 378 Å². The van der Waals surface area contributed by atoms with Crippen molar-refractivity contribution >= 4 is 72.4 Å². The maximum Gasteiger partial charge on any atom is 0.240 e. The molecule has 69 heavy (non-hydrogen) atoms. The Labute approximate surface area is 461 Å². The zero-order valence-electron chi connectivity index (χ0n) is 77.2. The lowest BCUT2D eigenvalue weighted by Crippen LogP contribution is -2.74. The minimum atomic E-state index is -7.06. The van der Waals surface area contributed by atoms with E-state index in [9.17, 15) is 37.0 Å². The molecule has 10 aromatic carbocycles. The van der Waals surface area contributed by atoms with Crippen LogP contribution in [0.5, 0.6) is 0 Å². The third-order valence-electron chi connectivity index (χ3n) is 10.7. The number of hydrogen-bond donors (Lipinski definition) is 0. The molecule has 6 heteroatoms. The van der Waals surface area contributed by atoms with E-state index in [0.717, 1.165) is 0 Å². The summed E-state index contributed by atoms with van der Waals surface area (Å²) in [6.07, 6.45) is 0. The zero-order valence-corrected chi connectivity index (χ0v) is 35.2. The highest BCUT2D eigenvalue weighted by Gasteiger charge is 2.42. The first kappa shape index (κ1) is 15.8. The van der Waals surface area contributed by atoms with Gasteiger partial charge in [-0.1, -0.05) is 242 Å². The Bertz CT molecular complexity index is 6370. The molecule has 0 atom stereocenters. The van der Waals surface area contributed by atoms with Gasteiger partial charge in [0.05, 0.1) is 81.0 Å². The van der Waals surface area contributed by atoms with Gasteiger partial charge < -0.3 is 0 Å². The monoisotopic (exact) mass is 941 g/mol. The van der Waals surface area contributed by atoms with E-state index in [-0.39, 0.29) is 0 Å². The number of para-hydroxylation sites is 4. The average Bonchev–Trinajstić information content (AvgIpc) is 0.733. The van der Waals surface area contributed by atoms with Crippen LogP contribution >= 0.6 is 0 Å². The smallest absolute Gasteiger partial charge is 0.240 e. The fourth-order valence-electron chi connectivity index (χ4n) is 7.91. The van der Waals surface area contributed by atoms with Crippen molar-refractivity contribution in [3.8, 4) is 45.5 Å². The maximum absolute atomic E-state index is 10.9. The van der Waals surface area contributed by atoms with Crippen LogP contribution < -0.4 is 20.7 Å². The van der Waals surface area contributed by atoms with Gasteiger partial charge in [0.25, 0.3) is 0 Å². The van der Waals surface area contributed by atoms with Gasteiger partial charge in [-0.05, 0) is 55.6 Å². The van der Waals surface area contributed by atoms with Crippen molar-refractivity contribution in [2.24, 2.45) is 0 Å². The number of benzene rings is 10. The molecule has 0 spiro atoms. The van der Waals surface area contributed by atoms with Gasteiger partial charge in [-0.2, -0.15) is 15.0 Å². The lowest BCUT2D eigenvalue weighted by Gasteiger charge is -2.35. The second-order valence-corrected chi connectivity index (χ2v) is 17.8. The Morgan fingerprint density at radius 2 is 0.696 bits per heavy atom. The summed E-state index contributed by atoms with van der Waals surface area (Å²) in [4.78, 5) is 13.9. The van der Waals surface area contributed by atoms with Crippen LogP contribution in [0.1, 0.15) is 58.9 Å². The van der Waals surface area contributed by atoms with Crippen molar-refractivity contribution < 1.29 is 58.9 Å². The molecular weight excluding hydrogens is 855 g/mol. The van der Waals surface area contributed by atoms with E-state index in [0.29, 0.717) is 9.13 Å². The second kappa shape index (κ2) is 16.7. The SMILES string of the molecule is [2H]c1c([2H])c([2H])c(-c2c([2H])c([2H])c([2H])c([Si](c3c([2H])c([2H])c([2H])c([2H])c3[2H])(c3c([2H])c([2H])c([2H])c([2H])c3[2H])c3c([2H])c([2H])c([2H])c(-c4nc(-n5c6c([2H])c([2H])c([2H])c([2H])c6c6c([2H])c([2H])c([2H])c([2H])c65)nc(-n5c6c([2H])c([2H])c([2H])c([2H])c6c6c([2H])c([2H])c([2H])c(-c7c([2H])c([2H])c([2H])c([2H])c7[2H])c65)n4)c3[2H])c2[2H])c([2H])c1[2H]. The molecule has 0 aliphatic heterocycles. The summed E-state index contributed by atoms with van der Waals surface area (Å²) in [5.74, 6) is -4.02. The summed E-state index contributed by atoms with van der Waals surface area (Å²) in [6, 6.07) is -54.4. The van der Waals surface area contributed by atoms with Crippen molar-refractivity contribution in [2.45, 2.75) is 0 Å². The molecule has 0 fully saturated rings. The summed E-state index contributed by atoms with van der Waals surface area (Å²) >= 11 is 0. The topological polar surface area (TPSA) is 48.5 Å². The zero-order chi connectivity index (χ0) is 83.1. The molecule has 0 saturated heterocycles. The first-order valence-electron chi connectivity index (χ1n) is 41.4. The third-order valence-corrected chi connectivity index (χ3v) is 14.7. The van der Waals surface area contributed by atoms with Crippen LogP contribution in [0.25, 0.3) is 89.2 Å². The highest BCUT2D eigenvalue weighted by Crippen LogP contribution is 2.38. The normalized spacial score (nSPS) is 20.5. The van der Waals surface area contributed by atoms with Gasteiger partial charge >= 0.3 is 0 Å². The number of fused-ring (bicyclic) bond motifs is 6. The largest absolute Gasteiger partial charge is 0.278 e. The Balaban J connectivity index is 1.39. The van der Waals surface area contributed by atoms with E-state index in [2.05, 4.69) is 15.0 Å². The number of hydrogen-bond acceptors (Lipinski definition) is 3. The summed E-state index contributed by atoms with van der Waals surface area (Å²) in [7, 11) is -7.06. The molecule has 0 N–H and O–H groups in total. The molecular formula is C63H43N5Si. The molecule has 0 amide bonds. The van der Waals surface area contributed by atoms with Crippen LogP contribution in [-0.2, 0) is 0 Å². The van der Waals surface area contributed by atoms with Gasteiger partial charge in [0.2, 0.25) is 11.9 Å². The number of aromatic nitrogens is 5. The van der Waals surface area contributed by atoms with E-state index in [4.69, 9.17) is 21.9 Å². The van der Waals surface area contributed by atoms with Crippen LogP contribution in [0.4, 0.5) is 0 Å². The summed E-state index contributed by atoms with van der Waals surface area (Å²) in [5, 5.41) is -8.94. The molecule has 0 bridgehead atoms. The van der Waals surface area contributed by atoms with E-state index >= 15 is 0 Å². The number of rotatable bonds is 9. The van der Waals surface area contributed by atoms with E-state index in [1.165, 1.54) is 0 Å². The lowest BCUT2D eigenvalue weighted by atomic mass is 10.0. The van der Waals surface area contributed by atoms with Crippen LogP contribution in [0.3, 0.4) is 0 Å². The summed E-state index contributed by atoms with van der Waals surface area (Å²) in [5.41, 5.74) is -9.43. The number of nitrogens with zero attached hydrogens (tertiary/aromatic N) is 5. The van der Waals surface area contributed by atoms with E-state index in [1.54, 1.807) is 0 Å². The molecule has 3 aromatic heterocycles. The van der Waals surface area contributed by atoms with Crippen LogP contribution in [0.15, 0.2) is 260 Å². The summed E-state index contributed by atoms with van der Waals surface area (Å²) < 4.78 is 404. The van der Waals surface area contributed by atoms with Gasteiger partial charge in [0.1, 0.15) is 0 Å². The molecule has 0 aliphatic rings. The van der Waals surface area contributed by atoms with Gasteiger partial charge in [-0.15, -0.1) is 0 Å². The Morgan fingerprint density at radius 1 is 0.304 bits per heavy atom. The fourth-order valence-corrected chi connectivity index (χ4v) is 11.5. The molecule has 3 heterocycles. The van der Waals surface area contributed by atoms with Crippen LogP contribution in [-0.4, -0.2) is 32.2 Å². The molecule has 324 valence electrons. The first-order chi connectivity index (χ1) is 52.1. The molecule has 0 radical (unpaired) electrons. The first-order valence-corrected chi connectivity index (χ1v) is 21.9. The molecule has 13 rings (SSSR count). The Hall–Kier alpha value is -8.97. The van der Waals surface area contributed by atoms with Crippen LogP contribution in [0.2, 0.25) is 0 Å². The predicted octanol–water partition coefficient (Wildman–Crippen LogP) is 12.4. The van der Waals surface area contributed by atoms with Gasteiger partial charge in [0.15, 0.2) is 13.9 Å². The average molecular weight is 941 g/mol. The van der Waals surface area contributed by atoms with Gasteiger partial charge in [-0.3, -0.25) is 9.13 Å². The van der Waals surface area contributed by atoms with Crippen molar-refractivity contribution in [2.75, 3.05) is 0 Å². The van der Waals surface area contributed by atoms with Crippen molar-refractivity contribution in [1.29, 1.82) is 0 Å².